The van der Waals surface area contributed by atoms with E-state index in [1.54, 1.807) is 0 Å². The Morgan fingerprint density at radius 3 is 2.80 bits per heavy atom. The maximum atomic E-state index is 6.26. The van der Waals surface area contributed by atoms with Crippen molar-refractivity contribution in [3.63, 3.8) is 0 Å². The van der Waals surface area contributed by atoms with E-state index in [1.165, 1.54) is 0 Å². The van der Waals surface area contributed by atoms with Crippen LogP contribution >= 0.6 is 23.2 Å². The largest absolute Gasteiger partial charge is 0.380 e. The van der Waals surface area contributed by atoms with Gasteiger partial charge in [-0.15, -0.1) is 11.6 Å². The zero-order valence-electron chi connectivity index (χ0n) is 8.42. The van der Waals surface area contributed by atoms with Crippen molar-refractivity contribution in [1.29, 1.82) is 0 Å². The lowest BCUT2D eigenvalue weighted by Crippen LogP contribution is -2.33. The highest BCUT2D eigenvalue weighted by atomic mass is 35.5. The SMILES string of the molecule is Clc1ccccc1NC1C[CH]CCC1Cl. The van der Waals surface area contributed by atoms with E-state index < -0.39 is 0 Å². The summed E-state index contributed by atoms with van der Waals surface area (Å²) in [5, 5.41) is 4.36. The predicted octanol–water partition coefficient (Wildman–Crippen LogP) is 4.12. The van der Waals surface area contributed by atoms with Gasteiger partial charge >= 0.3 is 0 Å². The number of benzene rings is 1. The van der Waals surface area contributed by atoms with Crippen molar-refractivity contribution in [1.82, 2.24) is 0 Å². The molecule has 0 saturated heterocycles. The quantitative estimate of drug-likeness (QED) is 0.770. The molecule has 0 aromatic heterocycles. The van der Waals surface area contributed by atoms with Gasteiger partial charge in [0, 0.05) is 6.04 Å². The fraction of sp³-hybridized carbons (Fsp3) is 0.417. The molecule has 2 atom stereocenters. The zero-order valence-corrected chi connectivity index (χ0v) is 9.93. The summed E-state index contributed by atoms with van der Waals surface area (Å²) < 4.78 is 0. The summed E-state index contributed by atoms with van der Waals surface area (Å²) >= 11 is 12.3. The van der Waals surface area contributed by atoms with Crippen molar-refractivity contribution < 1.29 is 0 Å². The number of para-hydroxylation sites is 1. The van der Waals surface area contributed by atoms with Crippen LogP contribution in [0.5, 0.6) is 0 Å². The number of nitrogens with one attached hydrogen (secondary N) is 1. The Morgan fingerprint density at radius 2 is 2.07 bits per heavy atom. The van der Waals surface area contributed by atoms with Crippen LogP contribution in [0, 0.1) is 6.42 Å². The van der Waals surface area contributed by atoms with Gasteiger partial charge in [-0.3, -0.25) is 0 Å². The molecule has 0 heterocycles. The number of rotatable bonds is 2. The lowest BCUT2D eigenvalue weighted by molar-refractivity contribution is 0.547. The van der Waals surface area contributed by atoms with Crippen LogP contribution in [0.3, 0.4) is 0 Å². The van der Waals surface area contributed by atoms with Gasteiger partial charge in [-0.05, 0) is 37.8 Å². The van der Waals surface area contributed by atoms with Gasteiger partial charge in [0.05, 0.1) is 16.1 Å². The Labute approximate surface area is 101 Å². The molecular formula is C12H14Cl2N. The lowest BCUT2D eigenvalue weighted by atomic mass is 9.95. The van der Waals surface area contributed by atoms with Gasteiger partial charge in [-0.25, -0.2) is 0 Å². The maximum absolute atomic E-state index is 6.26. The first-order valence-corrected chi connectivity index (χ1v) is 6.05. The standard InChI is InChI=1S/C12H14Cl2N/c13-9-5-1-3-7-11(9)15-12-8-4-2-6-10(12)14/h1,3-5,7,10,12,15H,2,6,8H2. The van der Waals surface area contributed by atoms with Gasteiger partial charge in [0.2, 0.25) is 0 Å². The molecular weight excluding hydrogens is 229 g/mol. The van der Waals surface area contributed by atoms with Crippen LogP contribution in [0.2, 0.25) is 5.02 Å². The summed E-state index contributed by atoms with van der Waals surface area (Å²) in [4.78, 5) is 0. The Hall–Kier alpha value is -0.400. The molecule has 0 spiro atoms. The summed E-state index contributed by atoms with van der Waals surface area (Å²) in [5.74, 6) is 0. The normalized spacial score (nSPS) is 26.3. The minimum Gasteiger partial charge on any atom is -0.380 e. The number of hydrogen-bond acceptors (Lipinski definition) is 1. The van der Waals surface area contributed by atoms with Crippen LogP contribution in [0.15, 0.2) is 24.3 Å². The fourth-order valence-corrected chi connectivity index (χ4v) is 2.33. The molecule has 0 bridgehead atoms. The molecule has 1 aliphatic rings. The Balaban J connectivity index is 2.04. The smallest absolute Gasteiger partial charge is 0.0637 e. The van der Waals surface area contributed by atoms with Crippen LogP contribution in [-0.2, 0) is 0 Å². The molecule has 1 N–H and O–H groups in total. The monoisotopic (exact) mass is 242 g/mol. The summed E-state index contributed by atoms with van der Waals surface area (Å²) in [5.41, 5.74) is 0.977. The number of hydrogen-bond donors (Lipinski definition) is 1. The van der Waals surface area contributed by atoms with E-state index in [-0.39, 0.29) is 5.38 Å². The van der Waals surface area contributed by atoms with E-state index >= 15 is 0 Å². The minimum atomic E-state index is 0.200. The van der Waals surface area contributed by atoms with Crippen molar-refractivity contribution in [2.45, 2.75) is 30.7 Å². The van der Waals surface area contributed by atoms with E-state index in [9.17, 15) is 0 Å². The second-order valence-electron chi connectivity index (χ2n) is 3.85. The highest BCUT2D eigenvalue weighted by Gasteiger charge is 2.23. The maximum Gasteiger partial charge on any atom is 0.0637 e. The number of anilines is 1. The number of alkyl halides is 1. The second kappa shape index (κ2) is 5.09. The van der Waals surface area contributed by atoms with Crippen LogP contribution in [0.4, 0.5) is 5.69 Å². The predicted molar refractivity (Wildman–Crippen MR) is 66.7 cm³/mol. The highest BCUT2D eigenvalue weighted by molar-refractivity contribution is 6.33. The van der Waals surface area contributed by atoms with Gasteiger partial charge in [0.15, 0.2) is 0 Å². The average molecular weight is 243 g/mol. The topological polar surface area (TPSA) is 12.0 Å². The Kier molecular flexibility index (Phi) is 3.76. The summed E-state index contributed by atoms with van der Waals surface area (Å²) in [6, 6.07) is 8.09. The Bertz CT molecular complexity index is 327. The summed E-state index contributed by atoms with van der Waals surface area (Å²) in [6.45, 7) is 0. The third-order valence-electron chi connectivity index (χ3n) is 2.72. The highest BCUT2D eigenvalue weighted by Crippen LogP contribution is 2.28. The fourth-order valence-electron chi connectivity index (χ4n) is 1.85. The van der Waals surface area contributed by atoms with Crippen LogP contribution < -0.4 is 5.32 Å². The van der Waals surface area contributed by atoms with Gasteiger partial charge in [-0.2, -0.15) is 0 Å². The van der Waals surface area contributed by atoms with Crippen molar-refractivity contribution in [2.75, 3.05) is 5.32 Å². The minimum absolute atomic E-state index is 0.200. The van der Waals surface area contributed by atoms with Crippen molar-refractivity contribution in [2.24, 2.45) is 0 Å². The molecule has 2 rings (SSSR count). The lowest BCUT2D eigenvalue weighted by Gasteiger charge is -2.28. The third-order valence-corrected chi connectivity index (χ3v) is 3.57. The summed E-state index contributed by atoms with van der Waals surface area (Å²) in [6.07, 6.45) is 5.46. The zero-order chi connectivity index (χ0) is 10.7. The first kappa shape index (κ1) is 11.1. The molecule has 2 unspecified atom stereocenters. The van der Waals surface area contributed by atoms with Crippen LogP contribution in [0.25, 0.3) is 0 Å². The average Bonchev–Trinajstić information content (AvgIpc) is 2.24. The van der Waals surface area contributed by atoms with E-state index in [4.69, 9.17) is 23.2 Å². The number of halogens is 2. The van der Waals surface area contributed by atoms with E-state index in [1.807, 2.05) is 24.3 Å². The molecule has 1 aliphatic carbocycles. The molecule has 1 saturated carbocycles. The molecule has 81 valence electrons. The molecule has 1 aromatic carbocycles. The molecule has 3 heteroatoms. The van der Waals surface area contributed by atoms with Crippen molar-refractivity contribution >= 4 is 28.9 Å². The third kappa shape index (κ3) is 2.79. The summed E-state index contributed by atoms with van der Waals surface area (Å²) in [7, 11) is 0. The second-order valence-corrected chi connectivity index (χ2v) is 4.82. The molecule has 1 nitrogen and oxygen atoms in total. The molecule has 0 amide bonds. The van der Waals surface area contributed by atoms with Crippen LogP contribution in [-0.4, -0.2) is 11.4 Å². The molecule has 0 aliphatic heterocycles. The first-order chi connectivity index (χ1) is 7.27. The van der Waals surface area contributed by atoms with Gasteiger partial charge in [-0.1, -0.05) is 23.7 Å². The van der Waals surface area contributed by atoms with E-state index in [0.717, 1.165) is 30.0 Å². The first-order valence-electron chi connectivity index (χ1n) is 5.24. The molecule has 1 aromatic rings. The van der Waals surface area contributed by atoms with Crippen molar-refractivity contribution in [3.05, 3.63) is 35.7 Å². The van der Waals surface area contributed by atoms with Gasteiger partial charge < -0.3 is 5.32 Å². The van der Waals surface area contributed by atoms with Crippen molar-refractivity contribution in [3.8, 4) is 0 Å². The van der Waals surface area contributed by atoms with E-state index in [0.29, 0.717) is 6.04 Å². The van der Waals surface area contributed by atoms with Gasteiger partial charge in [0.25, 0.3) is 0 Å². The van der Waals surface area contributed by atoms with E-state index in [2.05, 4.69) is 11.7 Å². The van der Waals surface area contributed by atoms with Crippen LogP contribution in [0.1, 0.15) is 19.3 Å². The molecule has 1 fully saturated rings. The molecule has 15 heavy (non-hydrogen) atoms. The molecule has 1 radical (unpaired) electrons. The van der Waals surface area contributed by atoms with Gasteiger partial charge in [0.1, 0.15) is 0 Å². The Morgan fingerprint density at radius 1 is 1.27 bits per heavy atom.